The van der Waals surface area contributed by atoms with Crippen LogP contribution in [-0.4, -0.2) is 21.9 Å². The molecule has 1 aromatic heterocycles. The minimum atomic E-state index is -0.295. The number of aromatic nitrogens is 2. The number of hydrogen-bond acceptors (Lipinski definition) is 5. The maximum absolute atomic E-state index is 9.38. The van der Waals surface area contributed by atoms with Gasteiger partial charge in [0.2, 0.25) is 11.7 Å². The first kappa shape index (κ1) is 12.7. The van der Waals surface area contributed by atoms with Crippen LogP contribution < -0.4 is 5.73 Å². The number of aliphatic hydroxyl groups excluding tert-OH is 1. The molecule has 5 nitrogen and oxygen atoms in total. The molecule has 0 fully saturated rings. The largest absolute Gasteiger partial charge is 0.395 e. The van der Waals surface area contributed by atoms with Gasteiger partial charge in [0, 0.05) is 11.0 Å². The molecule has 18 heavy (non-hydrogen) atoms. The zero-order valence-electron chi connectivity index (χ0n) is 10.6. The Morgan fingerprint density at radius 3 is 2.78 bits per heavy atom. The van der Waals surface area contributed by atoms with Gasteiger partial charge in [-0.1, -0.05) is 37.2 Å². The second kappa shape index (κ2) is 4.88. The van der Waals surface area contributed by atoms with Crippen LogP contribution in [0, 0.1) is 0 Å². The van der Waals surface area contributed by atoms with Gasteiger partial charge in [-0.05, 0) is 11.6 Å². The van der Waals surface area contributed by atoms with E-state index in [9.17, 15) is 5.11 Å². The minimum Gasteiger partial charge on any atom is -0.395 e. The van der Waals surface area contributed by atoms with Crippen LogP contribution in [0.3, 0.4) is 0 Å². The number of nitrogens with two attached hydrogens (primary N) is 1. The van der Waals surface area contributed by atoms with Crippen LogP contribution in [0.4, 0.5) is 0 Å². The zero-order valence-corrected chi connectivity index (χ0v) is 10.6. The molecule has 0 amide bonds. The second-order valence-corrected chi connectivity index (χ2v) is 4.84. The summed E-state index contributed by atoms with van der Waals surface area (Å²) in [5, 5.41) is 13.3. The van der Waals surface area contributed by atoms with Gasteiger partial charge in [0.1, 0.15) is 0 Å². The fraction of sp³-hybridized carbons (Fsp3) is 0.385. The van der Waals surface area contributed by atoms with Crippen molar-refractivity contribution in [2.75, 3.05) is 6.61 Å². The van der Waals surface area contributed by atoms with Gasteiger partial charge in [0.25, 0.3) is 0 Å². The molecule has 0 atom stereocenters. The molecule has 3 N–H and O–H groups in total. The lowest BCUT2D eigenvalue weighted by Crippen LogP contribution is -2.21. The van der Waals surface area contributed by atoms with E-state index in [0.29, 0.717) is 11.7 Å². The number of nitrogens with zero attached hydrogens (tertiary/aromatic N) is 2. The molecular weight excluding hydrogens is 230 g/mol. The van der Waals surface area contributed by atoms with Crippen LogP contribution in [0.5, 0.6) is 0 Å². The van der Waals surface area contributed by atoms with E-state index < -0.39 is 0 Å². The minimum absolute atomic E-state index is 0.0801. The predicted molar refractivity (Wildman–Crippen MR) is 67.7 cm³/mol. The average molecular weight is 247 g/mol. The van der Waals surface area contributed by atoms with Crippen molar-refractivity contribution in [1.29, 1.82) is 0 Å². The van der Waals surface area contributed by atoms with Crippen molar-refractivity contribution in [3.05, 3.63) is 35.7 Å². The smallest absolute Gasteiger partial charge is 0.240 e. The fourth-order valence-electron chi connectivity index (χ4n) is 1.63. The third-order valence-electron chi connectivity index (χ3n) is 2.94. The lowest BCUT2D eigenvalue weighted by molar-refractivity contribution is 0.218. The van der Waals surface area contributed by atoms with E-state index >= 15 is 0 Å². The molecule has 1 aromatic carbocycles. The van der Waals surface area contributed by atoms with E-state index in [-0.39, 0.29) is 18.6 Å². The molecule has 96 valence electrons. The first-order chi connectivity index (χ1) is 8.56. The molecule has 0 bridgehead atoms. The Balaban J connectivity index is 2.38. The summed E-state index contributed by atoms with van der Waals surface area (Å²) in [6.45, 7) is 4.27. The van der Waals surface area contributed by atoms with E-state index in [1.807, 2.05) is 38.1 Å². The summed E-state index contributed by atoms with van der Waals surface area (Å²) in [5.74, 6) is 0.933. The van der Waals surface area contributed by atoms with Gasteiger partial charge >= 0.3 is 0 Å². The highest BCUT2D eigenvalue weighted by Crippen LogP contribution is 2.26. The van der Waals surface area contributed by atoms with Crippen molar-refractivity contribution >= 4 is 0 Å². The molecule has 0 unspecified atom stereocenters. The Hall–Kier alpha value is -1.72. The van der Waals surface area contributed by atoms with Crippen molar-refractivity contribution in [3.8, 4) is 11.4 Å². The Labute approximate surface area is 106 Å². The molecule has 0 aliphatic rings. The summed E-state index contributed by atoms with van der Waals surface area (Å²) in [6.07, 6.45) is 0. The summed E-state index contributed by atoms with van der Waals surface area (Å²) in [5.41, 5.74) is 7.03. The molecule has 1 heterocycles. The summed E-state index contributed by atoms with van der Waals surface area (Å²) < 4.78 is 4.98. The van der Waals surface area contributed by atoms with Gasteiger partial charge in [-0.25, -0.2) is 0 Å². The number of aliphatic hydroxyl groups is 1. The third kappa shape index (κ3) is 2.42. The zero-order chi connectivity index (χ0) is 13.2. The topological polar surface area (TPSA) is 85.2 Å². The first-order valence-corrected chi connectivity index (χ1v) is 5.81. The molecule has 5 heteroatoms. The highest BCUT2D eigenvalue weighted by atomic mass is 16.5. The van der Waals surface area contributed by atoms with Crippen molar-refractivity contribution in [1.82, 2.24) is 10.1 Å². The summed E-state index contributed by atoms with van der Waals surface area (Å²) >= 11 is 0. The molecule has 2 rings (SSSR count). The highest BCUT2D eigenvalue weighted by Gasteiger charge is 2.20. The summed E-state index contributed by atoms with van der Waals surface area (Å²) in [6, 6.07) is 7.76. The molecule has 0 aliphatic carbocycles. The number of rotatable bonds is 4. The standard InChI is InChI=1S/C13H17N3O2/c1-13(2,8-17)10-5-3-4-9(6-10)12-15-11(7-14)18-16-12/h3-6,17H,7-8,14H2,1-2H3. The van der Waals surface area contributed by atoms with E-state index in [1.165, 1.54) is 0 Å². The Kier molecular flexibility index (Phi) is 3.45. The van der Waals surface area contributed by atoms with Crippen LogP contribution in [-0.2, 0) is 12.0 Å². The maximum atomic E-state index is 9.38. The van der Waals surface area contributed by atoms with Crippen molar-refractivity contribution < 1.29 is 9.63 Å². The molecule has 2 aromatic rings. The normalized spacial score (nSPS) is 11.8. The van der Waals surface area contributed by atoms with E-state index in [1.54, 1.807) is 0 Å². The maximum Gasteiger partial charge on any atom is 0.240 e. The fourth-order valence-corrected chi connectivity index (χ4v) is 1.63. The van der Waals surface area contributed by atoms with E-state index in [4.69, 9.17) is 10.3 Å². The SMILES string of the molecule is CC(C)(CO)c1cccc(-c2noc(CN)n2)c1. The van der Waals surface area contributed by atoms with Crippen LogP contribution in [0.15, 0.2) is 28.8 Å². The molecule has 0 spiro atoms. The quantitative estimate of drug-likeness (QED) is 0.854. The predicted octanol–water partition coefficient (Wildman–Crippen LogP) is 1.47. The van der Waals surface area contributed by atoms with E-state index in [0.717, 1.165) is 11.1 Å². The van der Waals surface area contributed by atoms with Crippen LogP contribution in [0.25, 0.3) is 11.4 Å². The first-order valence-electron chi connectivity index (χ1n) is 5.81. The monoisotopic (exact) mass is 247 g/mol. The van der Waals surface area contributed by atoms with Gasteiger partial charge in [-0.15, -0.1) is 0 Å². The number of hydrogen-bond donors (Lipinski definition) is 2. The molecular formula is C13H17N3O2. The van der Waals surface area contributed by atoms with Crippen LogP contribution in [0.1, 0.15) is 25.3 Å². The Morgan fingerprint density at radius 1 is 1.39 bits per heavy atom. The van der Waals surface area contributed by atoms with Gasteiger partial charge in [0.05, 0.1) is 13.2 Å². The summed E-state index contributed by atoms with van der Waals surface area (Å²) in [7, 11) is 0. The lowest BCUT2D eigenvalue weighted by atomic mass is 9.85. The van der Waals surface area contributed by atoms with Gasteiger partial charge < -0.3 is 15.4 Å². The molecule has 0 saturated heterocycles. The van der Waals surface area contributed by atoms with Gasteiger partial charge in [-0.2, -0.15) is 4.98 Å². The van der Waals surface area contributed by atoms with Gasteiger partial charge in [-0.3, -0.25) is 0 Å². The summed E-state index contributed by atoms with van der Waals surface area (Å²) in [4.78, 5) is 4.18. The van der Waals surface area contributed by atoms with Crippen molar-refractivity contribution in [2.45, 2.75) is 25.8 Å². The van der Waals surface area contributed by atoms with Crippen LogP contribution in [0.2, 0.25) is 0 Å². The third-order valence-corrected chi connectivity index (χ3v) is 2.94. The molecule has 0 saturated carbocycles. The highest BCUT2D eigenvalue weighted by molar-refractivity contribution is 5.56. The second-order valence-electron chi connectivity index (χ2n) is 4.84. The molecule has 0 radical (unpaired) electrons. The Bertz CT molecular complexity index is 535. The van der Waals surface area contributed by atoms with Gasteiger partial charge in [0.15, 0.2) is 0 Å². The number of benzene rings is 1. The van der Waals surface area contributed by atoms with E-state index in [2.05, 4.69) is 10.1 Å². The molecule has 0 aliphatic heterocycles. The Morgan fingerprint density at radius 2 is 2.17 bits per heavy atom. The lowest BCUT2D eigenvalue weighted by Gasteiger charge is -2.22. The van der Waals surface area contributed by atoms with Crippen molar-refractivity contribution in [3.63, 3.8) is 0 Å². The van der Waals surface area contributed by atoms with Crippen LogP contribution >= 0.6 is 0 Å². The van der Waals surface area contributed by atoms with Crippen molar-refractivity contribution in [2.24, 2.45) is 5.73 Å². The average Bonchev–Trinajstić information content (AvgIpc) is 2.88.